The Morgan fingerprint density at radius 1 is 1.50 bits per heavy atom. The normalized spacial score (nSPS) is 26.0. The average molecular weight is 238 g/mol. The Kier molecular flexibility index (Phi) is 3.42. The molecule has 0 aromatic heterocycles. The van der Waals surface area contributed by atoms with Gasteiger partial charge < -0.3 is 14.8 Å². The van der Waals surface area contributed by atoms with Crippen LogP contribution in [-0.2, 0) is 14.3 Å². The van der Waals surface area contributed by atoms with Crippen LogP contribution in [0.4, 0.5) is 0 Å². The standard InChI is InChI=1S/C8H9Cl2NO3/c1-13-7(12)8(14-2)4-5(9)3-6(10)11-8/h3-4,11H,1-2H3. The van der Waals surface area contributed by atoms with Crippen molar-refractivity contribution in [1.82, 2.24) is 5.32 Å². The SMILES string of the molecule is COC(=O)C1(OC)C=C(Cl)C=C(Cl)N1. The summed E-state index contributed by atoms with van der Waals surface area (Å²) in [6.45, 7) is 0. The van der Waals surface area contributed by atoms with Crippen LogP contribution in [0.1, 0.15) is 0 Å². The van der Waals surface area contributed by atoms with E-state index in [4.69, 9.17) is 27.9 Å². The Morgan fingerprint density at radius 2 is 2.14 bits per heavy atom. The fourth-order valence-electron chi connectivity index (χ4n) is 1.06. The van der Waals surface area contributed by atoms with E-state index in [0.717, 1.165) is 0 Å². The van der Waals surface area contributed by atoms with E-state index in [0.29, 0.717) is 5.03 Å². The van der Waals surface area contributed by atoms with Crippen molar-refractivity contribution < 1.29 is 14.3 Å². The molecule has 0 amide bonds. The van der Waals surface area contributed by atoms with Crippen molar-refractivity contribution in [2.45, 2.75) is 5.72 Å². The van der Waals surface area contributed by atoms with Crippen molar-refractivity contribution in [3.05, 3.63) is 22.3 Å². The Balaban J connectivity index is 3.04. The summed E-state index contributed by atoms with van der Waals surface area (Å²) in [6.07, 6.45) is 2.84. The van der Waals surface area contributed by atoms with E-state index in [1.165, 1.54) is 26.4 Å². The van der Waals surface area contributed by atoms with Crippen LogP contribution in [0.25, 0.3) is 0 Å². The van der Waals surface area contributed by atoms with Gasteiger partial charge in [0.25, 0.3) is 5.72 Å². The predicted octanol–water partition coefficient (Wildman–Crippen LogP) is 1.31. The van der Waals surface area contributed by atoms with Crippen LogP contribution in [0.5, 0.6) is 0 Å². The molecule has 1 unspecified atom stereocenters. The van der Waals surface area contributed by atoms with E-state index in [-0.39, 0.29) is 5.16 Å². The molecule has 6 heteroatoms. The summed E-state index contributed by atoms with van der Waals surface area (Å²) in [5.74, 6) is -0.621. The quantitative estimate of drug-likeness (QED) is 0.582. The number of allylic oxidation sites excluding steroid dienone is 2. The second-order valence-electron chi connectivity index (χ2n) is 2.58. The Labute approximate surface area is 91.5 Å². The number of dihydropyridines is 1. The van der Waals surface area contributed by atoms with Crippen molar-refractivity contribution in [3.8, 4) is 0 Å². The van der Waals surface area contributed by atoms with Gasteiger partial charge in [-0.1, -0.05) is 23.2 Å². The van der Waals surface area contributed by atoms with E-state index in [1.807, 2.05) is 0 Å². The molecular formula is C8H9Cl2NO3. The Hall–Kier alpha value is -0.710. The first-order chi connectivity index (χ1) is 6.54. The molecule has 1 aliphatic rings. The van der Waals surface area contributed by atoms with Gasteiger partial charge in [0, 0.05) is 12.1 Å². The molecule has 0 saturated carbocycles. The van der Waals surface area contributed by atoms with Gasteiger partial charge in [-0.25, -0.2) is 4.79 Å². The van der Waals surface area contributed by atoms with Crippen molar-refractivity contribution in [1.29, 1.82) is 0 Å². The number of halogens is 2. The summed E-state index contributed by atoms with van der Waals surface area (Å²) in [4.78, 5) is 11.4. The lowest BCUT2D eigenvalue weighted by molar-refractivity contribution is -0.162. The molecule has 1 heterocycles. The molecule has 14 heavy (non-hydrogen) atoms. The molecule has 4 nitrogen and oxygen atoms in total. The minimum Gasteiger partial charge on any atom is -0.465 e. The maximum absolute atomic E-state index is 11.4. The van der Waals surface area contributed by atoms with E-state index in [9.17, 15) is 4.79 Å². The summed E-state index contributed by atoms with van der Waals surface area (Å²) in [7, 11) is 2.60. The van der Waals surface area contributed by atoms with Gasteiger partial charge in [0.2, 0.25) is 0 Å². The van der Waals surface area contributed by atoms with Crippen LogP contribution in [0.3, 0.4) is 0 Å². The summed E-state index contributed by atoms with van der Waals surface area (Å²) < 4.78 is 9.57. The molecule has 0 aromatic rings. The number of esters is 1. The smallest absolute Gasteiger partial charge is 0.363 e. The van der Waals surface area contributed by atoms with Gasteiger partial charge >= 0.3 is 5.97 Å². The summed E-state index contributed by atoms with van der Waals surface area (Å²) >= 11 is 11.5. The van der Waals surface area contributed by atoms with E-state index in [2.05, 4.69) is 10.1 Å². The zero-order valence-corrected chi connectivity index (χ0v) is 9.15. The second-order valence-corrected chi connectivity index (χ2v) is 3.42. The fourth-order valence-corrected chi connectivity index (χ4v) is 1.64. The molecule has 1 N–H and O–H groups in total. The highest BCUT2D eigenvalue weighted by Gasteiger charge is 2.40. The van der Waals surface area contributed by atoms with E-state index < -0.39 is 11.7 Å². The Morgan fingerprint density at radius 3 is 2.57 bits per heavy atom. The van der Waals surface area contributed by atoms with E-state index in [1.54, 1.807) is 0 Å². The summed E-state index contributed by atoms with van der Waals surface area (Å²) in [5.41, 5.74) is -1.43. The molecule has 78 valence electrons. The zero-order chi connectivity index (χ0) is 10.8. The molecule has 1 rings (SSSR count). The first-order valence-corrected chi connectivity index (χ1v) is 4.47. The highest BCUT2D eigenvalue weighted by molar-refractivity contribution is 6.35. The van der Waals surface area contributed by atoms with Gasteiger partial charge in [-0.2, -0.15) is 0 Å². The van der Waals surface area contributed by atoms with Gasteiger partial charge in [-0.15, -0.1) is 0 Å². The number of carbonyl (C=O) groups excluding carboxylic acids is 1. The third-order valence-electron chi connectivity index (χ3n) is 1.72. The first kappa shape index (κ1) is 11.4. The van der Waals surface area contributed by atoms with Gasteiger partial charge in [0.15, 0.2) is 0 Å². The lowest BCUT2D eigenvalue weighted by Gasteiger charge is -2.30. The summed E-state index contributed by atoms with van der Waals surface area (Å²) in [5, 5.41) is 3.15. The molecule has 0 bridgehead atoms. The van der Waals surface area contributed by atoms with Crippen LogP contribution >= 0.6 is 23.2 Å². The van der Waals surface area contributed by atoms with Crippen LogP contribution in [0.15, 0.2) is 22.3 Å². The summed E-state index contributed by atoms with van der Waals surface area (Å²) in [6, 6.07) is 0. The van der Waals surface area contributed by atoms with Gasteiger partial charge in [0.1, 0.15) is 5.16 Å². The third kappa shape index (κ3) is 2.03. The molecule has 1 aliphatic heterocycles. The highest BCUT2D eigenvalue weighted by atomic mass is 35.5. The van der Waals surface area contributed by atoms with Crippen molar-refractivity contribution in [2.24, 2.45) is 0 Å². The van der Waals surface area contributed by atoms with Crippen LogP contribution in [0.2, 0.25) is 0 Å². The van der Waals surface area contributed by atoms with Crippen LogP contribution in [-0.4, -0.2) is 25.9 Å². The molecule has 1 atom stereocenters. The highest BCUT2D eigenvalue weighted by Crippen LogP contribution is 2.24. The number of rotatable bonds is 2. The van der Waals surface area contributed by atoms with Crippen molar-refractivity contribution in [2.75, 3.05) is 14.2 Å². The number of hydrogen-bond acceptors (Lipinski definition) is 4. The molecule has 0 fully saturated rings. The minimum absolute atomic E-state index is 0.213. The monoisotopic (exact) mass is 237 g/mol. The number of hydrogen-bond donors (Lipinski definition) is 1. The number of methoxy groups -OCH3 is 2. The van der Waals surface area contributed by atoms with Gasteiger partial charge in [-0.05, 0) is 12.2 Å². The lowest BCUT2D eigenvalue weighted by Crippen LogP contribution is -2.52. The van der Waals surface area contributed by atoms with Crippen molar-refractivity contribution >= 4 is 29.2 Å². The van der Waals surface area contributed by atoms with Gasteiger partial charge in [0.05, 0.1) is 7.11 Å². The minimum atomic E-state index is -1.43. The average Bonchev–Trinajstić information content (AvgIpc) is 2.14. The largest absolute Gasteiger partial charge is 0.465 e. The number of nitrogens with one attached hydrogen (secondary N) is 1. The lowest BCUT2D eigenvalue weighted by atomic mass is 10.1. The molecule has 0 radical (unpaired) electrons. The molecule has 0 aromatic carbocycles. The first-order valence-electron chi connectivity index (χ1n) is 3.71. The molecule has 0 saturated heterocycles. The zero-order valence-electron chi connectivity index (χ0n) is 7.64. The maximum Gasteiger partial charge on any atom is 0.363 e. The third-order valence-corrected chi connectivity index (χ3v) is 2.14. The van der Waals surface area contributed by atoms with Crippen LogP contribution < -0.4 is 5.32 Å². The van der Waals surface area contributed by atoms with E-state index >= 15 is 0 Å². The molecule has 0 aliphatic carbocycles. The number of ether oxygens (including phenoxy) is 2. The Bertz CT molecular complexity index is 314. The maximum atomic E-state index is 11.4. The second kappa shape index (κ2) is 4.21. The topological polar surface area (TPSA) is 47.6 Å². The van der Waals surface area contributed by atoms with Crippen LogP contribution in [0, 0.1) is 0 Å². The fraction of sp³-hybridized carbons (Fsp3) is 0.375. The van der Waals surface area contributed by atoms with Gasteiger partial charge in [-0.3, -0.25) is 0 Å². The van der Waals surface area contributed by atoms with Crippen molar-refractivity contribution in [3.63, 3.8) is 0 Å². The number of carbonyl (C=O) groups is 1. The predicted molar refractivity (Wildman–Crippen MR) is 52.8 cm³/mol. The molecule has 0 spiro atoms. The molecular weight excluding hydrogens is 229 g/mol.